The molecule has 1 aliphatic carbocycles. The predicted molar refractivity (Wildman–Crippen MR) is 130 cm³/mol. The van der Waals surface area contributed by atoms with Crippen molar-refractivity contribution in [1.82, 2.24) is 10.6 Å². The number of carbonyl (C=O) groups excluding carboxylic acids is 2. The van der Waals surface area contributed by atoms with Crippen molar-refractivity contribution in [3.8, 4) is 11.1 Å². The molecular weight excluding hydrogens is 448 g/mol. The number of carboxylic acid groups (broad SMARTS) is 1. The van der Waals surface area contributed by atoms with Crippen LogP contribution >= 0.6 is 0 Å². The maximum Gasteiger partial charge on any atom is 0.407 e. The Morgan fingerprint density at radius 2 is 1.63 bits per heavy atom. The Bertz CT molecular complexity index is 1060. The van der Waals surface area contributed by atoms with E-state index >= 15 is 0 Å². The summed E-state index contributed by atoms with van der Waals surface area (Å²) in [6.45, 7) is 6.15. The number of benzene rings is 2. The van der Waals surface area contributed by atoms with Gasteiger partial charge in [0.15, 0.2) is 0 Å². The summed E-state index contributed by atoms with van der Waals surface area (Å²) in [5.41, 5.74) is 4.23. The SMILES string of the molecule is CC(C)(C)CC(NC(=O)C1COCC1NC(=O)OCC1c2ccccc2-c2ccccc21)C(=O)O. The van der Waals surface area contributed by atoms with E-state index in [-0.39, 0.29) is 37.6 Å². The number of aliphatic carboxylic acids is 1. The Morgan fingerprint density at radius 3 is 2.20 bits per heavy atom. The molecule has 3 unspecified atom stereocenters. The summed E-state index contributed by atoms with van der Waals surface area (Å²) in [5.74, 6) is -2.31. The molecule has 186 valence electrons. The van der Waals surface area contributed by atoms with Gasteiger partial charge in [-0.05, 0) is 34.1 Å². The summed E-state index contributed by atoms with van der Waals surface area (Å²) in [7, 11) is 0. The number of hydrogen-bond acceptors (Lipinski definition) is 5. The highest BCUT2D eigenvalue weighted by molar-refractivity contribution is 5.86. The molecule has 2 aromatic carbocycles. The average Bonchev–Trinajstić information content (AvgIpc) is 3.39. The number of carboxylic acids is 1. The van der Waals surface area contributed by atoms with Crippen molar-refractivity contribution >= 4 is 18.0 Å². The molecule has 1 fully saturated rings. The first kappa shape index (κ1) is 24.7. The predicted octanol–water partition coefficient (Wildman–Crippen LogP) is 3.55. The van der Waals surface area contributed by atoms with Gasteiger partial charge in [0.2, 0.25) is 5.91 Å². The summed E-state index contributed by atoms with van der Waals surface area (Å²) < 4.78 is 11.0. The van der Waals surface area contributed by atoms with Gasteiger partial charge in [-0.15, -0.1) is 0 Å². The van der Waals surface area contributed by atoms with E-state index in [2.05, 4.69) is 22.8 Å². The first-order valence-electron chi connectivity index (χ1n) is 11.9. The number of carbonyl (C=O) groups is 3. The molecule has 3 N–H and O–H groups in total. The van der Waals surface area contributed by atoms with Crippen molar-refractivity contribution in [2.75, 3.05) is 19.8 Å². The molecule has 1 heterocycles. The van der Waals surface area contributed by atoms with Gasteiger partial charge in [0.05, 0.1) is 25.2 Å². The number of nitrogens with one attached hydrogen (secondary N) is 2. The van der Waals surface area contributed by atoms with Gasteiger partial charge in [-0.3, -0.25) is 4.79 Å². The molecule has 35 heavy (non-hydrogen) atoms. The third-order valence-corrected chi connectivity index (χ3v) is 6.50. The van der Waals surface area contributed by atoms with E-state index in [1.165, 1.54) is 0 Å². The van der Waals surface area contributed by atoms with Gasteiger partial charge in [-0.1, -0.05) is 69.3 Å². The van der Waals surface area contributed by atoms with Gasteiger partial charge in [0.1, 0.15) is 12.6 Å². The lowest BCUT2D eigenvalue weighted by Gasteiger charge is -2.26. The minimum atomic E-state index is -1.09. The van der Waals surface area contributed by atoms with E-state index in [9.17, 15) is 19.5 Å². The van der Waals surface area contributed by atoms with Gasteiger partial charge >= 0.3 is 12.1 Å². The first-order chi connectivity index (χ1) is 16.6. The molecule has 2 aliphatic rings. The van der Waals surface area contributed by atoms with E-state index < -0.39 is 36.0 Å². The fraction of sp³-hybridized carbons (Fsp3) is 0.444. The lowest BCUT2D eigenvalue weighted by molar-refractivity contribution is -0.143. The molecule has 8 heteroatoms. The van der Waals surface area contributed by atoms with Crippen LogP contribution in [-0.2, 0) is 19.1 Å². The van der Waals surface area contributed by atoms with Crippen LogP contribution < -0.4 is 10.6 Å². The number of amides is 2. The van der Waals surface area contributed by atoms with Crippen molar-refractivity contribution in [2.24, 2.45) is 11.3 Å². The largest absolute Gasteiger partial charge is 0.480 e. The molecule has 1 aliphatic heterocycles. The van der Waals surface area contributed by atoms with E-state index in [0.717, 1.165) is 22.3 Å². The van der Waals surface area contributed by atoms with Crippen molar-refractivity contribution < 1.29 is 29.0 Å². The smallest absolute Gasteiger partial charge is 0.407 e. The topological polar surface area (TPSA) is 114 Å². The Labute approximate surface area is 205 Å². The summed E-state index contributed by atoms with van der Waals surface area (Å²) in [4.78, 5) is 37.1. The standard InChI is InChI=1S/C27H32N2O6/c1-27(2,3)12-22(25(31)32)28-24(30)21-13-34-15-23(21)29-26(33)35-14-20-18-10-6-4-8-16(18)17-9-5-7-11-19(17)20/h4-11,20-23H,12-15H2,1-3H3,(H,28,30)(H,29,33)(H,31,32). The molecule has 8 nitrogen and oxygen atoms in total. The second-order valence-corrected chi connectivity index (χ2v) is 10.4. The van der Waals surface area contributed by atoms with Crippen LogP contribution in [0.15, 0.2) is 48.5 Å². The highest BCUT2D eigenvalue weighted by atomic mass is 16.5. The van der Waals surface area contributed by atoms with Crippen LogP contribution in [0.3, 0.4) is 0 Å². The molecule has 0 aromatic heterocycles. The van der Waals surface area contributed by atoms with Crippen molar-refractivity contribution in [1.29, 1.82) is 0 Å². The minimum Gasteiger partial charge on any atom is -0.480 e. The Kier molecular flexibility index (Phi) is 7.12. The van der Waals surface area contributed by atoms with E-state index in [1.54, 1.807) is 0 Å². The third-order valence-electron chi connectivity index (χ3n) is 6.50. The zero-order chi connectivity index (χ0) is 25.2. The molecule has 0 bridgehead atoms. The highest BCUT2D eigenvalue weighted by Gasteiger charge is 2.38. The molecular formula is C27H32N2O6. The lowest BCUT2D eigenvalue weighted by Crippen LogP contribution is -2.51. The number of rotatable bonds is 7. The fourth-order valence-electron chi connectivity index (χ4n) is 4.84. The monoisotopic (exact) mass is 480 g/mol. The Morgan fingerprint density at radius 1 is 1.03 bits per heavy atom. The molecule has 2 aromatic rings. The summed E-state index contributed by atoms with van der Waals surface area (Å²) in [6.07, 6.45) is -0.351. The van der Waals surface area contributed by atoms with Gasteiger partial charge in [0, 0.05) is 5.92 Å². The second kappa shape index (κ2) is 10.1. The molecule has 0 radical (unpaired) electrons. The fourth-order valence-corrected chi connectivity index (χ4v) is 4.84. The molecule has 3 atom stereocenters. The van der Waals surface area contributed by atoms with Crippen LogP contribution in [0.25, 0.3) is 11.1 Å². The zero-order valence-electron chi connectivity index (χ0n) is 20.2. The quantitative estimate of drug-likeness (QED) is 0.559. The van der Waals surface area contributed by atoms with Crippen molar-refractivity contribution in [2.45, 2.75) is 45.2 Å². The van der Waals surface area contributed by atoms with Crippen LogP contribution in [0.2, 0.25) is 0 Å². The van der Waals surface area contributed by atoms with Gasteiger partial charge in [-0.25, -0.2) is 9.59 Å². The highest BCUT2D eigenvalue weighted by Crippen LogP contribution is 2.44. The van der Waals surface area contributed by atoms with Crippen LogP contribution in [0.1, 0.15) is 44.2 Å². The van der Waals surface area contributed by atoms with E-state index in [0.29, 0.717) is 0 Å². The molecule has 4 rings (SSSR count). The number of alkyl carbamates (subject to hydrolysis) is 1. The number of hydrogen-bond donors (Lipinski definition) is 3. The summed E-state index contributed by atoms with van der Waals surface area (Å²) in [5, 5.41) is 14.9. The summed E-state index contributed by atoms with van der Waals surface area (Å²) >= 11 is 0. The van der Waals surface area contributed by atoms with Crippen LogP contribution in [-0.4, -0.2) is 55.0 Å². The second-order valence-electron chi connectivity index (χ2n) is 10.4. The van der Waals surface area contributed by atoms with E-state index in [4.69, 9.17) is 9.47 Å². The normalized spacial score (nSPS) is 20.0. The molecule has 0 saturated carbocycles. The van der Waals surface area contributed by atoms with E-state index in [1.807, 2.05) is 57.2 Å². The number of ether oxygens (including phenoxy) is 2. The Balaban J connectivity index is 1.36. The van der Waals surface area contributed by atoms with Gasteiger partial charge in [-0.2, -0.15) is 0 Å². The molecule has 2 amide bonds. The van der Waals surface area contributed by atoms with Gasteiger partial charge in [0.25, 0.3) is 0 Å². The first-order valence-corrected chi connectivity index (χ1v) is 11.9. The average molecular weight is 481 g/mol. The number of fused-ring (bicyclic) bond motifs is 3. The maximum atomic E-state index is 12.8. The molecule has 1 saturated heterocycles. The minimum absolute atomic E-state index is 0.0687. The van der Waals surface area contributed by atoms with Gasteiger partial charge < -0.3 is 25.2 Å². The Hall–Kier alpha value is -3.39. The third kappa shape index (κ3) is 5.65. The zero-order valence-corrected chi connectivity index (χ0v) is 20.2. The van der Waals surface area contributed by atoms with Crippen LogP contribution in [0.4, 0.5) is 4.79 Å². The maximum absolute atomic E-state index is 12.8. The summed E-state index contributed by atoms with van der Waals surface area (Å²) in [6, 6.07) is 14.5. The van der Waals surface area contributed by atoms with Crippen LogP contribution in [0.5, 0.6) is 0 Å². The van der Waals surface area contributed by atoms with Crippen LogP contribution in [0, 0.1) is 11.3 Å². The van der Waals surface area contributed by atoms with Crippen molar-refractivity contribution in [3.05, 3.63) is 59.7 Å². The molecule has 0 spiro atoms. The lowest BCUT2D eigenvalue weighted by atomic mass is 9.87. The van der Waals surface area contributed by atoms with Crippen molar-refractivity contribution in [3.63, 3.8) is 0 Å².